The number of pyridine rings is 2. The summed E-state index contributed by atoms with van der Waals surface area (Å²) in [5.41, 5.74) is 6.87. The van der Waals surface area contributed by atoms with E-state index in [1.54, 1.807) is 23.4 Å². The zero-order valence-corrected chi connectivity index (χ0v) is 24.8. The fourth-order valence-electron chi connectivity index (χ4n) is 5.64. The Hall–Kier alpha value is -4.66. The molecule has 14 heteroatoms. The van der Waals surface area contributed by atoms with Crippen LogP contribution < -0.4 is 4.72 Å². The van der Waals surface area contributed by atoms with Gasteiger partial charge in [-0.2, -0.15) is 5.10 Å². The number of sulfonamides is 1. The van der Waals surface area contributed by atoms with E-state index in [1.807, 2.05) is 36.4 Å². The Morgan fingerprint density at radius 3 is 2.62 bits per heavy atom. The van der Waals surface area contributed by atoms with Gasteiger partial charge in [0.15, 0.2) is 11.5 Å². The molecule has 0 atom stereocenters. The van der Waals surface area contributed by atoms with E-state index in [9.17, 15) is 21.6 Å². The number of rotatable bonds is 8. The van der Waals surface area contributed by atoms with Crippen LogP contribution in [0.15, 0.2) is 67.0 Å². The molecule has 1 aliphatic rings. The number of imidazole rings is 1. The number of hydrogen-bond acceptors (Lipinski definition) is 7. The fourth-order valence-corrected chi connectivity index (χ4v) is 6.07. The minimum Gasteiger partial charge on any atom is -0.336 e. The van der Waals surface area contributed by atoms with Crippen LogP contribution in [-0.4, -0.2) is 68.7 Å². The van der Waals surface area contributed by atoms with Crippen molar-refractivity contribution in [3.8, 4) is 33.9 Å². The summed E-state index contributed by atoms with van der Waals surface area (Å²) in [6, 6.07) is 15.5. The second kappa shape index (κ2) is 11.1. The number of nitrogens with one attached hydrogen (secondary N) is 3. The number of fused-ring (bicyclic) bond motifs is 2. The maximum atomic E-state index is 14.6. The molecule has 6 aromatic rings. The molecule has 1 aliphatic heterocycles. The van der Waals surface area contributed by atoms with Crippen LogP contribution in [0.3, 0.4) is 0 Å². The van der Waals surface area contributed by atoms with Crippen LogP contribution in [0.25, 0.3) is 56.0 Å². The number of para-hydroxylation sites is 1. The minimum absolute atomic E-state index is 0.0503. The molecule has 7 rings (SSSR count). The Morgan fingerprint density at radius 1 is 0.978 bits per heavy atom. The molecule has 0 unspecified atom stereocenters. The summed E-state index contributed by atoms with van der Waals surface area (Å²) in [7, 11) is -3.46. The van der Waals surface area contributed by atoms with Crippen LogP contribution in [0.5, 0.6) is 0 Å². The Bertz CT molecular complexity index is 2180. The van der Waals surface area contributed by atoms with Crippen molar-refractivity contribution in [1.82, 2.24) is 39.8 Å². The number of nitrogens with zero attached hydrogens (tertiary/aromatic N) is 5. The second-order valence-electron chi connectivity index (χ2n) is 11.3. The average Bonchev–Trinajstić information content (AvgIpc) is 3.71. The Kier molecular flexibility index (Phi) is 7.14. The molecule has 4 aromatic heterocycles. The van der Waals surface area contributed by atoms with Gasteiger partial charge in [-0.05, 0) is 59.2 Å². The fraction of sp³-hybridized carbons (Fsp3) is 0.226. The minimum atomic E-state index is -3.46. The van der Waals surface area contributed by atoms with Gasteiger partial charge in [0, 0.05) is 49.6 Å². The number of aromatic nitrogens is 6. The average molecular weight is 633 g/mol. The third-order valence-electron chi connectivity index (χ3n) is 7.70. The third-order valence-corrected chi connectivity index (χ3v) is 8.37. The largest absolute Gasteiger partial charge is 0.336 e. The van der Waals surface area contributed by atoms with Gasteiger partial charge in [0.25, 0.3) is 5.92 Å². The van der Waals surface area contributed by atoms with Crippen molar-refractivity contribution in [2.75, 3.05) is 19.3 Å². The highest BCUT2D eigenvalue weighted by molar-refractivity contribution is 7.88. The van der Waals surface area contributed by atoms with E-state index >= 15 is 0 Å². The van der Waals surface area contributed by atoms with Gasteiger partial charge < -0.3 is 4.98 Å². The van der Waals surface area contributed by atoms with E-state index in [4.69, 9.17) is 9.97 Å². The molecule has 0 amide bonds. The summed E-state index contributed by atoms with van der Waals surface area (Å²) in [6.45, 7) is 0.392. The molecule has 1 fully saturated rings. The molecule has 5 heterocycles. The number of aromatic amines is 2. The highest BCUT2D eigenvalue weighted by Gasteiger charge is 2.38. The zero-order valence-electron chi connectivity index (χ0n) is 24.0. The van der Waals surface area contributed by atoms with Crippen molar-refractivity contribution in [1.29, 1.82) is 0 Å². The van der Waals surface area contributed by atoms with Crippen molar-refractivity contribution < 1.29 is 21.6 Å². The lowest BCUT2D eigenvalue weighted by molar-refractivity contribution is 0.0115. The van der Waals surface area contributed by atoms with Gasteiger partial charge in [-0.1, -0.05) is 12.1 Å². The van der Waals surface area contributed by atoms with Crippen LogP contribution in [0.1, 0.15) is 17.5 Å². The highest BCUT2D eigenvalue weighted by atomic mass is 32.2. The van der Waals surface area contributed by atoms with Gasteiger partial charge in [0.05, 0.1) is 35.0 Å². The number of halogens is 3. The van der Waals surface area contributed by atoms with Crippen molar-refractivity contribution >= 4 is 32.1 Å². The van der Waals surface area contributed by atoms with Crippen molar-refractivity contribution in [3.05, 3.63) is 83.9 Å². The topological polar surface area (TPSA) is 133 Å². The lowest BCUT2D eigenvalue weighted by Crippen LogP contribution is -2.24. The van der Waals surface area contributed by atoms with E-state index in [0.29, 0.717) is 69.1 Å². The summed E-state index contributed by atoms with van der Waals surface area (Å²) in [5, 5.41) is 7.47. The first-order valence-electron chi connectivity index (χ1n) is 14.1. The zero-order chi connectivity index (χ0) is 31.3. The molecule has 230 valence electrons. The molecular weight excluding hydrogens is 605 g/mol. The summed E-state index contributed by atoms with van der Waals surface area (Å²) in [4.78, 5) is 19.0. The first kappa shape index (κ1) is 29.1. The van der Waals surface area contributed by atoms with E-state index < -0.39 is 21.8 Å². The SMILES string of the molecule is CS(=O)(=O)NCc1cc(F)cc(-c2cccc3[nH]c(-c4n[nH]c5ccc(-c6cncc(CN7CCC(F)(F)C7)c6)nc45)nc23)c1. The van der Waals surface area contributed by atoms with Gasteiger partial charge in [0.1, 0.15) is 11.3 Å². The Labute approximate surface area is 255 Å². The molecule has 1 saturated heterocycles. The number of alkyl halides is 2. The molecule has 45 heavy (non-hydrogen) atoms. The van der Waals surface area contributed by atoms with Crippen LogP contribution in [-0.2, 0) is 23.1 Å². The molecule has 0 spiro atoms. The Morgan fingerprint density at radius 2 is 1.82 bits per heavy atom. The lowest BCUT2D eigenvalue weighted by atomic mass is 10.0. The standard InChI is InChI=1S/C31H27F3N8O2S/c1-45(43,44)36-14-18-9-20(12-22(32)11-18)23-3-2-4-25-27(23)39-30(38-25)29-28-26(40-41-29)6-5-24(37-28)21-10-19(13-35-15-21)16-42-8-7-31(33,34)17-42/h2-6,9-13,15,36H,7-8,14,16-17H2,1H3,(H,38,39)(H,40,41). The van der Waals surface area contributed by atoms with E-state index in [-0.39, 0.29) is 19.5 Å². The van der Waals surface area contributed by atoms with Gasteiger partial charge in [-0.25, -0.2) is 36.3 Å². The Balaban J connectivity index is 1.22. The summed E-state index contributed by atoms with van der Waals surface area (Å²) in [6.07, 6.45) is 4.27. The van der Waals surface area contributed by atoms with E-state index in [2.05, 4.69) is 24.9 Å². The number of H-pyrrole nitrogens is 2. The smallest absolute Gasteiger partial charge is 0.261 e. The van der Waals surface area contributed by atoms with Crippen molar-refractivity contribution in [3.63, 3.8) is 0 Å². The quantitative estimate of drug-likeness (QED) is 0.209. The van der Waals surface area contributed by atoms with Crippen molar-refractivity contribution in [2.45, 2.75) is 25.4 Å². The first-order chi connectivity index (χ1) is 21.5. The van der Waals surface area contributed by atoms with Crippen molar-refractivity contribution in [2.24, 2.45) is 0 Å². The van der Waals surface area contributed by atoms with Crippen LogP contribution >= 0.6 is 0 Å². The van der Waals surface area contributed by atoms with Gasteiger partial charge >= 0.3 is 0 Å². The highest BCUT2D eigenvalue weighted by Crippen LogP contribution is 2.33. The van der Waals surface area contributed by atoms with Crippen LogP contribution in [0.2, 0.25) is 0 Å². The second-order valence-corrected chi connectivity index (χ2v) is 13.1. The van der Waals surface area contributed by atoms with Crippen LogP contribution in [0, 0.1) is 5.82 Å². The van der Waals surface area contributed by atoms with Crippen LogP contribution in [0.4, 0.5) is 13.2 Å². The number of hydrogen-bond donors (Lipinski definition) is 3. The van der Waals surface area contributed by atoms with Gasteiger partial charge in [0.2, 0.25) is 10.0 Å². The third kappa shape index (κ3) is 6.16. The van der Waals surface area contributed by atoms with E-state index in [1.165, 1.54) is 12.1 Å². The monoisotopic (exact) mass is 632 g/mol. The summed E-state index contributed by atoms with van der Waals surface area (Å²) < 4.78 is 67.5. The van der Waals surface area contributed by atoms with Gasteiger partial charge in [-0.3, -0.25) is 15.0 Å². The maximum absolute atomic E-state index is 14.6. The first-order valence-corrected chi connectivity index (χ1v) is 16.0. The molecule has 10 nitrogen and oxygen atoms in total. The molecule has 0 bridgehead atoms. The lowest BCUT2D eigenvalue weighted by Gasteiger charge is -2.15. The number of likely N-dealkylation sites (tertiary alicyclic amines) is 1. The normalized spacial score (nSPS) is 15.4. The van der Waals surface area contributed by atoms with E-state index in [0.717, 1.165) is 17.4 Å². The van der Waals surface area contributed by atoms with Gasteiger partial charge in [-0.15, -0.1) is 0 Å². The molecule has 2 aromatic carbocycles. The molecule has 0 aliphatic carbocycles. The summed E-state index contributed by atoms with van der Waals surface area (Å²) >= 11 is 0. The molecule has 0 saturated carbocycles. The molecular formula is C31H27F3N8O2S. The number of benzene rings is 2. The summed E-state index contributed by atoms with van der Waals surface area (Å²) in [5.74, 6) is -2.71. The molecule has 3 N–H and O–H groups in total. The molecule has 0 radical (unpaired) electrons. The predicted octanol–water partition coefficient (Wildman–Crippen LogP) is 5.26. The maximum Gasteiger partial charge on any atom is 0.261 e. The predicted molar refractivity (Wildman–Crippen MR) is 164 cm³/mol.